The Kier molecular flexibility index (Phi) is 3.73. The molecule has 0 radical (unpaired) electrons. The van der Waals surface area contributed by atoms with Gasteiger partial charge in [-0.15, -0.1) is 0 Å². The van der Waals surface area contributed by atoms with Crippen LogP contribution in [0.4, 0.5) is 0 Å². The van der Waals surface area contributed by atoms with Crippen molar-refractivity contribution in [2.24, 2.45) is 11.1 Å². The second kappa shape index (κ2) is 4.49. The largest absolute Gasteiger partial charge is 0.375 e. The number of hydrogen-bond donors (Lipinski definition) is 1. The monoisotopic (exact) mass is 214 g/mol. The molecule has 1 amide bonds. The molecule has 1 saturated heterocycles. The molecule has 2 unspecified atom stereocenters. The van der Waals surface area contributed by atoms with E-state index >= 15 is 0 Å². The molecule has 0 saturated carbocycles. The van der Waals surface area contributed by atoms with Gasteiger partial charge in [-0.3, -0.25) is 4.79 Å². The Morgan fingerprint density at radius 1 is 1.53 bits per heavy atom. The third-order valence-electron chi connectivity index (χ3n) is 2.75. The second-order valence-corrected chi connectivity index (χ2v) is 5.31. The zero-order valence-electron chi connectivity index (χ0n) is 10.1. The average molecular weight is 214 g/mol. The lowest BCUT2D eigenvalue weighted by Gasteiger charge is -2.36. The molecule has 15 heavy (non-hydrogen) atoms. The summed E-state index contributed by atoms with van der Waals surface area (Å²) in [5, 5.41) is 0. The van der Waals surface area contributed by atoms with Crippen LogP contribution in [0.2, 0.25) is 0 Å². The highest BCUT2D eigenvalue weighted by atomic mass is 16.5. The van der Waals surface area contributed by atoms with Gasteiger partial charge in [0, 0.05) is 13.1 Å². The summed E-state index contributed by atoms with van der Waals surface area (Å²) in [6, 6.07) is -0.428. The average Bonchev–Trinajstić information content (AvgIpc) is 2.14. The Morgan fingerprint density at radius 3 is 2.60 bits per heavy atom. The molecular formula is C11H22N2O2. The molecule has 4 nitrogen and oxygen atoms in total. The van der Waals surface area contributed by atoms with Gasteiger partial charge in [0.15, 0.2) is 0 Å². The molecule has 2 atom stereocenters. The number of rotatable bonds is 1. The summed E-state index contributed by atoms with van der Waals surface area (Å²) < 4.78 is 5.39. The van der Waals surface area contributed by atoms with E-state index in [1.165, 1.54) is 0 Å². The highest BCUT2D eigenvalue weighted by Gasteiger charge is 2.32. The van der Waals surface area contributed by atoms with E-state index in [2.05, 4.69) is 0 Å². The quantitative estimate of drug-likeness (QED) is 0.695. The molecule has 0 bridgehead atoms. The van der Waals surface area contributed by atoms with E-state index in [1.54, 1.807) is 0 Å². The zero-order chi connectivity index (χ0) is 11.6. The normalized spacial score (nSPS) is 25.1. The van der Waals surface area contributed by atoms with Gasteiger partial charge in [-0.05, 0) is 12.3 Å². The van der Waals surface area contributed by atoms with Gasteiger partial charge in [0.25, 0.3) is 0 Å². The van der Waals surface area contributed by atoms with E-state index in [-0.39, 0.29) is 17.4 Å². The molecule has 0 aromatic rings. The molecule has 4 heteroatoms. The van der Waals surface area contributed by atoms with E-state index in [1.807, 2.05) is 32.6 Å². The van der Waals surface area contributed by atoms with Gasteiger partial charge in [0.05, 0.1) is 18.8 Å². The summed E-state index contributed by atoms with van der Waals surface area (Å²) in [7, 11) is 0. The molecule has 2 N–H and O–H groups in total. The van der Waals surface area contributed by atoms with Gasteiger partial charge in [0.2, 0.25) is 5.91 Å². The third kappa shape index (κ3) is 3.18. The molecule has 1 aliphatic heterocycles. The number of nitrogens with two attached hydrogens (primary N) is 1. The predicted octanol–water partition coefficient (Wildman–Crippen LogP) is 0.607. The van der Waals surface area contributed by atoms with Crippen LogP contribution in [0.3, 0.4) is 0 Å². The number of nitrogens with zero attached hydrogens (tertiary/aromatic N) is 1. The van der Waals surface area contributed by atoms with Crippen LogP contribution in [0, 0.1) is 5.41 Å². The maximum atomic E-state index is 12.0. The summed E-state index contributed by atoms with van der Waals surface area (Å²) in [6.07, 6.45) is 0.120. The van der Waals surface area contributed by atoms with Gasteiger partial charge < -0.3 is 15.4 Å². The molecule has 88 valence electrons. The van der Waals surface area contributed by atoms with Crippen molar-refractivity contribution in [3.63, 3.8) is 0 Å². The van der Waals surface area contributed by atoms with Crippen molar-refractivity contribution in [2.45, 2.75) is 39.8 Å². The Labute approximate surface area is 91.8 Å². The molecule has 0 aliphatic carbocycles. The van der Waals surface area contributed by atoms with E-state index in [0.29, 0.717) is 19.7 Å². The fourth-order valence-corrected chi connectivity index (χ4v) is 1.59. The van der Waals surface area contributed by atoms with Crippen LogP contribution in [0.1, 0.15) is 27.7 Å². The van der Waals surface area contributed by atoms with Gasteiger partial charge >= 0.3 is 0 Å². The van der Waals surface area contributed by atoms with Gasteiger partial charge in [0.1, 0.15) is 0 Å². The van der Waals surface area contributed by atoms with Gasteiger partial charge in [-0.2, -0.15) is 0 Å². The Hall–Kier alpha value is -0.610. The predicted molar refractivity (Wildman–Crippen MR) is 59.4 cm³/mol. The lowest BCUT2D eigenvalue weighted by molar-refractivity contribution is -0.141. The van der Waals surface area contributed by atoms with Crippen molar-refractivity contribution in [3.05, 3.63) is 0 Å². The van der Waals surface area contributed by atoms with E-state index < -0.39 is 6.04 Å². The van der Waals surface area contributed by atoms with Crippen molar-refractivity contribution >= 4 is 5.91 Å². The Bertz CT molecular complexity index is 235. The SMILES string of the molecule is CC1CN(C(=O)C(N)C(C)(C)C)CCO1. The number of carbonyl (C=O) groups is 1. The number of ether oxygens (including phenoxy) is 1. The van der Waals surface area contributed by atoms with Gasteiger partial charge in [-0.25, -0.2) is 0 Å². The van der Waals surface area contributed by atoms with Crippen LogP contribution in [0.5, 0.6) is 0 Å². The van der Waals surface area contributed by atoms with Crippen LogP contribution >= 0.6 is 0 Å². The van der Waals surface area contributed by atoms with Crippen LogP contribution in [0.15, 0.2) is 0 Å². The molecule has 1 rings (SSSR count). The maximum absolute atomic E-state index is 12.0. The summed E-state index contributed by atoms with van der Waals surface area (Å²) in [5.74, 6) is 0.0395. The van der Waals surface area contributed by atoms with Crippen molar-refractivity contribution in [1.29, 1.82) is 0 Å². The highest BCUT2D eigenvalue weighted by molar-refractivity contribution is 5.82. The first-order valence-corrected chi connectivity index (χ1v) is 5.48. The van der Waals surface area contributed by atoms with Crippen LogP contribution in [-0.4, -0.2) is 42.6 Å². The first kappa shape index (κ1) is 12.5. The van der Waals surface area contributed by atoms with Crippen molar-refractivity contribution in [2.75, 3.05) is 19.7 Å². The maximum Gasteiger partial charge on any atom is 0.240 e. The number of hydrogen-bond acceptors (Lipinski definition) is 3. The third-order valence-corrected chi connectivity index (χ3v) is 2.75. The standard InChI is InChI=1S/C11H22N2O2/c1-8-7-13(5-6-15-8)10(14)9(12)11(2,3)4/h8-9H,5-7,12H2,1-4H3. The Morgan fingerprint density at radius 2 is 2.13 bits per heavy atom. The molecule has 0 aromatic heterocycles. The number of carbonyl (C=O) groups excluding carboxylic acids is 1. The topological polar surface area (TPSA) is 55.6 Å². The molecule has 1 aliphatic rings. The lowest BCUT2D eigenvalue weighted by atomic mass is 9.86. The summed E-state index contributed by atoms with van der Waals surface area (Å²) >= 11 is 0. The fraction of sp³-hybridized carbons (Fsp3) is 0.909. The molecule has 0 spiro atoms. The lowest BCUT2D eigenvalue weighted by Crippen LogP contribution is -2.54. The van der Waals surface area contributed by atoms with Crippen molar-refractivity contribution < 1.29 is 9.53 Å². The van der Waals surface area contributed by atoms with Crippen LogP contribution in [0.25, 0.3) is 0 Å². The molecule has 0 aromatic carbocycles. The van der Waals surface area contributed by atoms with E-state index in [0.717, 1.165) is 0 Å². The summed E-state index contributed by atoms with van der Waals surface area (Å²) in [6.45, 7) is 9.86. The van der Waals surface area contributed by atoms with E-state index in [9.17, 15) is 4.79 Å². The zero-order valence-corrected chi connectivity index (χ0v) is 10.1. The minimum absolute atomic E-state index is 0.0395. The van der Waals surface area contributed by atoms with Gasteiger partial charge in [-0.1, -0.05) is 20.8 Å². The Balaban J connectivity index is 2.60. The summed E-state index contributed by atoms with van der Waals surface area (Å²) in [4.78, 5) is 13.8. The van der Waals surface area contributed by atoms with Crippen molar-refractivity contribution in [3.8, 4) is 0 Å². The van der Waals surface area contributed by atoms with Crippen LogP contribution in [-0.2, 0) is 9.53 Å². The first-order chi connectivity index (χ1) is 6.82. The summed E-state index contributed by atoms with van der Waals surface area (Å²) in [5.41, 5.74) is 5.76. The van der Waals surface area contributed by atoms with Crippen LogP contribution < -0.4 is 5.73 Å². The second-order valence-electron chi connectivity index (χ2n) is 5.31. The first-order valence-electron chi connectivity index (χ1n) is 5.48. The van der Waals surface area contributed by atoms with Crippen molar-refractivity contribution in [1.82, 2.24) is 4.90 Å². The minimum atomic E-state index is -0.428. The smallest absolute Gasteiger partial charge is 0.240 e. The number of amides is 1. The molecule has 1 heterocycles. The molecular weight excluding hydrogens is 192 g/mol. The number of morpholine rings is 1. The minimum Gasteiger partial charge on any atom is -0.375 e. The fourth-order valence-electron chi connectivity index (χ4n) is 1.59. The van der Waals surface area contributed by atoms with E-state index in [4.69, 9.17) is 10.5 Å². The highest BCUT2D eigenvalue weighted by Crippen LogP contribution is 2.20. The molecule has 1 fully saturated rings.